The van der Waals surface area contributed by atoms with E-state index in [2.05, 4.69) is 23.7 Å². The Morgan fingerprint density at radius 2 is 1.88 bits per heavy atom. The summed E-state index contributed by atoms with van der Waals surface area (Å²) in [4.78, 5) is 21.2. The summed E-state index contributed by atoms with van der Waals surface area (Å²) in [5.74, 6) is -0.0386. The van der Waals surface area contributed by atoms with E-state index in [0.717, 1.165) is 51.6 Å². The number of aryl methyl sites for hydroxylation is 1. The van der Waals surface area contributed by atoms with Gasteiger partial charge in [-0.25, -0.2) is 13.8 Å². The Bertz CT molecular complexity index is 917. The highest BCUT2D eigenvalue weighted by Crippen LogP contribution is 2.25. The second-order valence-electron chi connectivity index (χ2n) is 9.04. The molecule has 2 fully saturated rings. The average Bonchev–Trinajstić information content (AvgIpc) is 3.20. The number of likely N-dealkylation sites (tertiary alicyclic amines) is 1. The first-order chi connectivity index (χ1) is 15.4. The third-order valence-electron chi connectivity index (χ3n) is 6.28. The number of oxazole rings is 1. The number of rotatable bonds is 6. The molecule has 8 heteroatoms. The molecule has 0 aliphatic carbocycles. The van der Waals surface area contributed by atoms with Crippen molar-refractivity contribution in [3.8, 4) is 11.3 Å². The van der Waals surface area contributed by atoms with E-state index in [0.29, 0.717) is 24.7 Å². The number of carbonyl (C=O) groups excluding carboxylic acids is 1. The first-order valence-corrected chi connectivity index (χ1v) is 11.4. The van der Waals surface area contributed by atoms with Crippen LogP contribution in [0.15, 0.2) is 28.8 Å². The molecule has 2 saturated heterocycles. The molecule has 0 radical (unpaired) electrons. The number of carbonyl (C=O) groups is 1. The smallest absolute Gasteiger partial charge is 0.223 e. The van der Waals surface area contributed by atoms with Crippen LogP contribution in [0.3, 0.4) is 0 Å². The second-order valence-corrected chi connectivity index (χ2v) is 9.04. The maximum atomic E-state index is 13.9. The van der Waals surface area contributed by atoms with E-state index < -0.39 is 11.6 Å². The maximum absolute atomic E-state index is 13.9. The molecule has 0 bridgehead atoms. The Labute approximate surface area is 187 Å². The van der Waals surface area contributed by atoms with Crippen molar-refractivity contribution in [1.82, 2.24) is 14.8 Å². The number of aromatic nitrogens is 1. The molecule has 2 aromatic rings. The largest absolute Gasteiger partial charge is 0.441 e. The lowest BCUT2D eigenvalue weighted by atomic mass is 9.95. The van der Waals surface area contributed by atoms with Gasteiger partial charge in [-0.1, -0.05) is 0 Å². The van der Waals surface area contributed by atoms with Gasteiger partial charge in [-0.2, -0.15) is 0 Å². The minimum atomic E-state index is -0.701. The van der Waals surface area contributed by atoms with Crippen molar-refractivity contribution in [2.24, 2.45) is 5.92 Å². The van der Waals surface area contributed by atoms with Gasteiger partial charge in [0.15, 0.2) is 11.7 Å². The van der Waals surface area contributed by atoms with Crippen LogP contribution in [0, 0.1) is 17.6 Å². The summed E-state index contributed by atoms with van der Waals surface area (Å²) in [5, 5.41) is 0. The van der Waals surface area contributed by atoms with Crippen LogP contribution in [0.4, 0.5) is 8.78 Å². The Morgan fingerprint density at radius 1 is 1.16 bits per heavy atom. The number of amides is 1. The number of hydrogen-bond acceptors (Lipinski definition) is 5. The Morgan fingerprint density at radius 3 is 2.56 bits per heavy atom. The van der Waals surface area contributed by atoms with E-state index in [1.807, 2.05) is 4.90 Å². The molecule has 6 nitrogen and oxygen atoms in total. The molecular formula is C24H31F2N3O3. The van der Waals surface area contributed by atoms with Gasteiger partial charge >= 0.3 is 0 Å². The molecule has 2 aliphatic rings. The van der Waals surface area contributed by atoms with Crippen LogP contribution in [0.2, 0.25) is 0 Å². The lowest BCUT2D eigenvalue weighted by Crippen LogP contribution is -2.48. The molecule has 0 saturated carbocycles. The van der Waals surface area contributed by atoms with Crippen molar-refractivity contribution in [1.29, 1.82) is 0 Å². The van der Waals surface area contributed by atoms with Gasteiger partial charge in [0.1, 0.15) is 11.6 Å². The zero-order valence-corrected chi connectivity index (χ0v) is 18.7. The van der Waals surface area contributed by atoms with Crippen molar-refractivity contribution >= 4 is 5.91 Å². The number of nitrogens with zero attached hydrogens (tertiary/aromatic N) is 3. The molecule has 2 atom stereocenters. The van der Waals surface area contributed by atoms with Gasteiger partial charge in [0.2, 0.25) is 5.91 Å². The molecule has 1 amide bonds. The standard InChI is InChI=1S/C24H31F2N3O3/c1-16-13-28(14-17(2)31-16)15-18-7-9-29(10-8-18)24(30)6-5-23-27-12-22(32-23)20-4-3-19(25)11-21(20)26/h3-4,11-12,16-18H,5-10,13-15H2,1-2H3. The van der Waals surface area contributed by atoms with Crippen LogP contribution in [0.1, 0.15) is 39.0 Å². The molecule has 2 aliphatic heterocycles. The summed E-state index contributed by atoms with van der Waals surface area (Å²) in [5.41, 5.74) is 0.155. The number of hydrogen-bond donors (Lipinski definition) is 0. The number of halogens is 2. The molecule has 4 rings (SSSR count). The minimum Gasteiger partial charge on any atom is -0.441 e. The van der Waals surface area contributed by atoms with Gasteiger partial charge < -0.3 is 14.1 Å². The fourth-order valence-electron chi connectivity index (χ4n) is 4.78. The molecule has 174 valence electrons. The number of morpholine rings is 1. The van der Waals surface area contributed by atoms with Gasteiger partial charge in [-0.05, 0) is 44.7 Å². The summed E-state index contributed by atoms with van der Waals surface area (Å²) in [7, 11) is 0. The van der Waals surface area contributed by atoms with E-state index >= 15 is 0 Å². The van der Waals surface area contributed by atoms with Crippen molar-refractivity contribution in [3.05, 3.63) is 41.9 Å². The topological polar surface area (TPSA) is 58.8 Å². The van der Waals surface area contributed by atoms with Gasteiger partial charge in [0.05, 0.1) is 24.0 Å². The van der Waals surface area contributed by atoms with Crippen LogP contribution in [-0.2, 0) is 16.0 Å². The highest BCUT2D eigenvalue weighted by Gasteiger charge is 2.28. The monoisotopic (exact) mass is 447 g/mol. The molecule has 1 aromatic heterocycles. The fraction of sp³-hybridized carbons (Fsp3) is 0.583. The Hall–Kier alpha value is -2.32. The van der Waals surface area contributed by atoms with Crippen LogP contribution in [-0.4, -0.2) is 65.6 Å². The quantitative estimate of drug-likeness (QED) is 0.672. The van der Waals surface area contributed by atoms with Crippen molar-refractivity contribution in [2.75, 3.05) is 32.7 Å². The van der Waals surface area contributed by atoms with Gasteiger partial charge in [0, 0.05) is 51.6 Å². The van der Waals surface area contributed by atoms with Crippen LogP contribution in [0.25, 0.3) is 11.3 Å². The fourth-order valence-corrected chi connectivity index (χ4v) is 4.78. The number of piperidine rings is 1. The Balaban J connectivity index is 1.22. The van der Waals surface area contributed by atoms with Gasteiger partial charge in [-0.15, -0.1) is 0 Å². The molecule has 1 aromatic carbocycles. The molecule has 0 spiro atoms. The van der Waals surface area contributed by atoms with E-state index in [4.69, 9.17) is 9.15 Å². The van der Waals surface area contributed by atoms with E-state index in [9.17, 15) is 13.6 Å². The third-order valence-corrected chi connectivity index (χ3v) is 6.28. The normalized spacial score (nSPS) is 22.9. The SMILES string of the molecule is CC1CN(CC2CCN(C(=O)CCc3ncc(-c4ccc(F)cc4F)o3)CC2)CC(C)O1. The van der Waals surface area contributed by atoms with Gasteiger partial charge in [-0.3, -0.25) is 9.69 Å². The molecular weight excluding hydrogens is 416 g/mol. The summed E-state index contributed by atoms with van der Waals surface area (Å²) in [6.45, 7) is 8.81. The highest BCUT2D eigenvalue weighted by molar-refractivity contribution is 5.76. The lowest BCUT2D eigenvalue weighted by molar-refractivity contribution is -0.132. The lowest BCUT2D eigenvalue weighted by Gasteiger charge is -2.39. The van der Waals surface area contributed by atoms with E-state index in [1.165, 1.54) is 18.3 Å². The molecule has 32 heavy (non-hydrogen) atoms. The number of benzene rings is 1. The third kappa shape index (κ3) is 5.72. The van der Waals surface area contributed by atoms with Crippen molar-refractivity contribution < 1.29 is 22.7 Å². The summed E-state index contributed by atoms with van der Waals surface area (Å²) < 4.78 is 38.4. The molecule has 2 unspecified atom stereocenters. The summed E-state index contributed by atoms with van der Waals surface area (Å²) >= 11 is 0. The number of ether oxygens (including phenoxy) is 1. The van der Waals surface area contributed by atoms with Crippen LogP contribution in [0.5, 0.6) is 0 Å². The van der Waals surface area contributed by atoms with Crippen molar-refractivity contribution in [3.63, 3.8) is 0 Å². The van der Waals surface area contributed by atoms with Gasteiger partial charge in [0.25, 0.3) is 0 Å². The van der Waals surface area contributed by atoms with Crippen LogP contribution < -0.4 is 0 Å². The summed E-state index contributed by atoms with van der Waals surface area (Å²) in [6, 6.07) is 3.31. The Kier molecular flexibility index (Phi) is 7.20. The van der Waals surface area contributed by atoms with Crippen molar-refractivity contribution in [2.45, 2.75) is 51.7 Å². The van der Waals surface area contributed by atoms with E-state index in [1.54, 1.807) is 0 Å². The molecule has 3 heterocycles. The first kappa shape index (κ1) is 22.9. The predicted octanol–water partition coefficient (Wildman–Crippen LogP) is 3.90. The van der Waals surface area contributed by atoms with Crippen LogP contribution >= 0.6 is 0 Å². The zero-order valence-electron chi connectivity index (χ0n) is 18.7. The minimum absolute atomic E-state index is 0.0878. The average molecular weight is 448 g/mol. The predicted molar refractivity (Wildman–Crippen MR) is 116 cm³/mol. The van der Waals surface area contributed by atoms with E-state index in [-0.39, 0.29) is 29.4 Å². The first-order valence-electron chi connectivity index (χ1n) is 11.4. The summed E-state index contributed by atoms with van der Waals surface area (Å²) in [6.07, 6.45) is 4.64. The molecule has 0 N–H and O–H groups in total. The maximum Gasteiger partial charge on any atom is 0.223 e. The second kappa shape index (κ2) is 10.1. The zero-order chi connectivity index (χ0) is 22.7. The highest BCUT2D eigenvalue weighted by atomic mass is 19.1.